The van der Waals surface area contributed by atoms with E-state index in [4.69, 9.17) is 0 Å². The van der Waals surface area contributed by atoms with Crippen molar-refractivity contribution in [2.75, 3.05) is 23.3 Å². The summed E-state index contributed by atoms with van der Waals surface area (Å²) in [5, 5.41) is 3.50. The molecule has 3 aromatic carbocycles. The van der Waals surface area contributed by atoms with Crippen molar-refractivity contribution in [3.8, 4) is 11.1 Å². The number of benzene rings is 3. The van der Waals surface area contributed by atoms with Crippen molar-refractivity contribution in [3.63, 3.8) is 0 Å². The van der Waals surface area contributed by atoms with Crippen LogP contribution in [0.3, 0.4) is 0 Å². The number of hydrogen-bond donors (Lipinski definition) is 1. The molecule has 0 saturated carbocycles. The van der Waals surface area contributed by atoms with Crippen LogP contribution in [0.1, 0.15) is 19.4 Å². The minimum atomic E-state index is 0.833. The van der Waals surface area contributed by atoms with E-state index in [2.05, 4.69) is 96.9 Å². The Morgan fingerprint density at radius 1 is 0.680 bits per heavy atom. The van der Waals surface area contributed by atoms with E-state index >= 15 is 0 Å². The molecule has 0 aliphatic carbocycles. The standard InChI is InChI=1S/C23H26N2/c1-3-25(4-2)23-16-14-22(15-17-23)24-18-19-10-12-21(13-11-19)20-8-6-5-7-9-20/h5-17,24H,3-4,18H2,1-2H3. The Labute approximate surface area is 151 Å². The van der Waals surface area contributed by atoms with E-state index in [1.807, 2.05) is 6.07 Å². The molecule has 3 aromatic rings. The molecule has 0 saturated heterocycles. The maximum atomic E-state index is 3.50. The first-order valence-electron chi connectivity index (χ1n) is 9.03. The predicted octanol–water partition coefficient (Wildman–Crippen LogP) is 5.81. The summed E-state index contributed by atoms with van der Waals surface area (Å²) in [5.41, 5.74) is 6.24. The molecule has 1 N–H and O–H groups in total. The summed E-state index contributed by atoms with van der Waals surface area (Å²) in [6.45, 7) is 7.29. The van der Waals surface area contributed by atoms with Gasteiger partial charge in [-0.2, -0.15) is 0 Å². The molecule has 128 valence electrons. The maximum Gasteiger partial charge on any atom is 0.0400 e. The molecule has 0 aromatic heterocycles. The van der Waals surface area contributed by atoms with Gasteiger partial charge in [-0.15, -0.1) is 0 Å². The van der Waals surface area contributed by atoms with Gasteiger partial charge in [0.15, 0.2) is 0 Å². The van der Waals surface area contributed by atoms with Gasteiger partial charge in [-0.25, -0.2) is 0 Å². The summed E-state index contributed by atoms with van der Waals surface area (Å²) in [6.07, 6.45) is 0. The zero-order chi connectivity index (χ0) is 17.5. The van der Waals surface area contributed by atoms with Crippen LogP contribution in [0, 0.1) is 0 Å². The zero-order valence-electron chi connectivity index (χ0n) is 15.1. The molecule has 0 aliphatic heterocycles. The van der Waals surface area contributed by atoms with Crippen LogP contribution in [0.5, 0.6) is 0 Å². The van der Waals surface area contributed by atoms with E-state index in [0.717, 1.165) is 25.3 Å². The van der Waals surface area contributed by atoms with Gasteiger partial charge in [0, 0.05) is 31.0 Å². The Morgan fingerprint density at radius 3 is 1.88 bits per heavy atom. The van der Waals surface area contributed by atoms with Crippen molar-refractivity contribution in [3.05, 3.63) is 84.4 Å². The second kappa shape index (κ2) is 8.39. The van der Waals surface area contributed by atoms with E-state index < -0.39 is 0 Å². The van der Waals surface area contributed by atoms with Gasteiger partial charge in [0.25, 0.3) is 0 Å². The van der Waals surface area contributed by atoms with Crippen molar-refractivity contribution in [1.82, 2.24) is 0 Å². The monoisotopic (exact) mass is 330 g/mol. The minimum absolute atomic E-state index is 0.833. The van der Waals surface area contributed by atoms with Crippen molar-refractivity contribution in [2.45, 2.75) is 20.4 Å². The SMILES string of the molecule is CCN(CC)c1ccc(NCc2ccc(-c3ccccc3)cc2)cc1. The average Bonchev–Trinajstić information content (AvgIpc) is 2.69. The Hall–Kier alpha value is -2.74. The number of rotatable bonds is 7. The maximum absolute atomic E-state index is 3.50. The lowest BCUT2D eigenvalue weighted by Crippen LogP contribution is -2.21. The quantitative estimate of drug-likeness (QED) is 0.588. The summed E-state index contributed by atoms with van der Waals surface area (Å²) < 4.78 is 0. The molecular weight excluding hydrogens is 304 g/mol. The van der Waals surface area contributed by atoms with E-state index in [0.29, 0.717) is 0 Å². The van der Waals surface area contributed by atoms with Crippen LogP contribution in [0.4, 0.5) is 11.4 Å². The van der Waals surface area contributed by atoms with Crippen molar-refractivity contribution >= 4 is 11.4 Å². The van der Waals surface area contributed by atoms with Crippen LogP contribution >= 0.6 is 0 Å². The summed E-state index contributed by atoms with van der Waals surface area (Å²) in [5.74, 6) is 0. The number of nitrogens with one attached hydrogen (secondary N) is 1. The van der Waals surface area contributed by atoms with Crippen LogP contribution in [0.15, 0.2) is 78.9 Å². The summed E-state index contributed by atoms with van der Waals surface area (Å²) in [7, 11) is 0. The number of nitrogens with zero attached hydrogens (tertiary/aromatic N) is 1. The highest BCUT2D eigenvalue weighted by Crippen LogP contribution is 2.21. The topological polar surface area (TPSA) is 15.3 Å². The molecule has 2 heteroatoms. The van der Waals surface area contributed by atoms with Crippen LogP contribution in [0.2, 0.25) is 0 Å². The van der Waals surface area contributed by atoms with Crippen molar-refractivity contribution in [2.24, 2.45) is 0 Å². The molecule has 2 nitrogen and oxygen atoms in total. The largest absolute Gasteiger partial charge is 0.381 e. The molecule has 0 spiro atoms. The van der Waals surface area contributed by atoms with Gasteiger partial charge in [0.2, 0.25) is 0 Å². The fourth-order valence-electron chi connectivity index (χ4n) is 3.03. The second-order valence-electron chi connectivity index (χ2n) is 6.14. The van der Waals surface area contributed by atoms with Crippen molar-refractivity contribution in [1.29, 1.82) is 0 Å². The highest BCUT2D eigenvalue weighted by Gasteiger charge is 2.02. The number of hydrogen-bond acceptors (Lipinski definition) is 2. The van der Waals surface area contributed by atoms with Gasteiger partial charge in [-0.05, 0) is 54.8 Å². The lowest BCUT2D eigenvalue weighted by atomic mass is 10.0. The fourth-order valence-corrected chi connectivity index (χ4v) is 3.03. The third-order valence-corrected chi connectivity index (χ3v) is 4.55. The molecule has 0 fully saturated rings. The van der Waals surface area contributed by atoms with Gasteiger partial charge in [-0.1, -0.05) is 54.6 Å². The predicted molar refractivity (Wildman–Crippen MR) is 109 cm³/mol. The average molecular weight is 330 g/mol. The highest BCUT2D eigenvalue weighted by atomic mass is 15.1. The first kappa shape index (κ1) is 17.1. The molecule has 0 heterocycles. The lowest BCUT2D eigenvalue weighted by Gasteiger charge is -2.21. The van der Waals surface area contributed by atoms with Crippen molar-refractivity contribution < 1.29 is 0 Å². The van der Waals surface area contributed by atoms with Gasteiger partial charge < -0.3 is 10.2 Å². The van der Waals surface area contributed by atoms with Gasteiger partial charge in [-0.3, -0.25) is 0 Å². The summed E-state index contributed by atoms with van der Waals surface area (Å²) in [6, 6.07) is 28.0. The first-order valence-corrected chi connectivity index (χ1v) is 9.03. The molecule has 3 rings (SSSR count). The smallest absolute Gasteiger partial charge is 0.0400 e. The molecule has 0 radical (unpaired) electrons. The Kier molecular flexibility index (Phi) is 5.73. The van der Waals surface area contributed by atoms with E-state index in [-0.39, 0.29) is 0 Å². The van der Waals surface area contributed by atoms with Gasteiger partial charge in [0.1, 0.15) is 0 Å². The third-order valence-electron chi connectivity index (χ3n) is 4.55. The molecule has 0 bridgehead atoms. The van der Waals surface area contributed by atoms with E-state index in [9.17, 15) is 0 Å². The van der Waals surface area contributed by atoms with E-state index in [1.165, 1.54) is 22.4 Å². The van der Waals surface area contributed by atoms with Gasteiger partial charge >= 0.3 is 0 Å². The molecule has 0 atom stereocenters. The minimum Gasteiger partial charge on any atom is -0.381 e. The summed E-state index contributed by atoms with van der Waals surface area (Å²) >= 11 is 0. The van der Waals surface area contributed by atoms with Crippen LogP contribution in [-0.4, -0.2) is 13.1 Å². The molecule has 0 aliphatic rings. The Balaban J connectivity index is 1.60. The third kappa shape index (κ3) is 4.42. The zero-order valence-corrected chi connectivity index (χ0v) is 15.1. The Bertz CT molecular complexity index is 757. The van der Waals surface area contributed by atoms with Crippen LogP contribution < -0.4 is 10.2 Å². The van der Waals surface area contributed by atoms with Crippen LogP contribution in [0.25, 0.3) is 11.1 Å². The number of anilines is 2. The second-order valence-corrected chi connectivity index (χ2v) is 6.14. The molecular formula is C23H26N2. The first-order chi connectivity index (χ1) is 12.3. The Morgan fingerprint density at radius 2 is 1.28 bits per heavy atom. The van der Waals surface area contributed by atoms with Gasteiger partial charge in [0.05, 0.1) is 0 Å². The fraction of sp³-hybridized carbons (Fsp3) is 0.217. The lowest BCUT2D eigenvalue weighted by molar-refractivity contribution is 0.866. The van der Waals surface area contributed by atoms with E-state index in [1.54, 1.807) is 0 Å². The van der Waals surface area contributed by atoms with Crippen LogP contribution in [-0.2, 0) is 6.54 Å². The molecule has 0 unspecified atom stereocenters. The molecule has 25 heavy (non-hydrogen) atoms. The normalized spacial score (nSPS) is 10.5. The molecule has 0 amide bonds. The highest BCUT2D eigenvalue weighted by molar-refractivity contribution is 5.63. The summed E-state index contributed by atoms with van der Waals surface area (Å²) in [4.78, 5) is 2.35.